The maximum Gasteiger partial charge on any atom is 0.123 e. The highest BCUT2D eigenvalue weighted by Gasteiger charge is 2.26. The largest absolute Gasteiger partial charge is 0.314 e. The van der Waals surface area contributed by atoms with Gasteiger partial charge in [0.1, 0.15) is 5.82 Å². The molecule has 0 heterocycles. The van der Waals surface area contributed by atoms with Gasteiger partial charge in [-0.25, -0.2) is 4.39 Å². The number of halogens is 1. The first kappa shape index (κ1) is 16.5. The molecule has 2 heteroatoms. The number of hydrogen-bond donors (Lipinski definition) is 1. The van der Waals surface area contributed by atoms with Crippen LogP contribution in [0.1, 0.15) is 57.9 Å². The van der Waals surface area contributed by atoms with E-state index in [0.717, 1.165) is 30.4 Å². The van der Waals surface area contributed by atoms with E-state index in [-0.39, 0.29) is 5.82 Å². The Morgan fingerprint density at radius 1 is 1.19 bits per heavy atom. The first-order chi connectivity index (χ1) is 10.2. The lowest BCUT2D eigenvalue weighted by Gasteiger charge is -2.34. The fraction of sp³-hybridized carbons (Fsp3) is 0.684. The van der Waals surface area contributed by atoms with Gasteiger partial charge in [0.15, 0.2) is 0 Å². The van der Waals surface area contributed by atoms with Crippen molar-refractivity contribution in [3.8, 4) is 0 Å². The van der Waals surface area contributed by atoms with Crippen LogP contribution in [0.25, 0.3) is 0 Å². The molecule has 1 N–H and O–H groups in total. The van der Waals surface area contributed by atoms with Gasteiger partial charge < -0.3 is 5.32 Å². The summed E-state index contributed by atoms with van der Waals surface area (Å²) in [6, 6.07) is 7.59. The topological polar surface area (TPSA) is 12.0 Å². The molecule has 0 bridgehead atoms. The molecule has 0 amide bonds. The van der Waals surface area contributed by atoms with Crippen LogP contribution >= 0.6 is 0 Å². The standard InChI is InChI=1S/C19H30FN/c1-3-6-15-9-11-17(12-10-15)19(21-4-2)14-16-7-5-8-18(20)13-16/h5,7-8,13,15,17,19,21H,3-4,6,9-12,14H2,1-2H3. The van der Waals surface area contributed by atoms with Crippen LogP contribution in [-0.4, -0.2) is 12.6 Å². The van der Waals surface area contributed by atoms with E-state index >= 15 is 0 Å². The summed E-state index contributed by atoms with van der Waals surface area (Å²) >= 11 is 0. The Kier molecular flexibility index (Phi) is 6.69. The van der Waals surface area contributed by atoms with Crippen molar-refractivity contribution in [3.05, 3.63) is 35.6 Å². The maximum atomic E-state index is 13.4. The summed E-state index contributed by atoms with van der Waals surface area (Å²) in [6.07, 6.45) is 9.08. The van der Waals surface area contributed by atoms with Gasteiger partial charge in [-0.15, -0.1) is 0 Å². The molecule has 1 aromatic carbocycles. The molecule has 0 aliphatic heterocycles. The van der Waals surface area contributed by atoms with Gasteiger partial charge in [0, 0.05) is 6.04 Å². The Hall–Kier alpha value is -0.890. The quantitative estimate of drug-likeness (QED) is 0.749. The van der Waals surface area contributed by atoms with E-state index in [1.54, 1.807) is 6.07 Å². The van der Waals surface area contributed by atoms with Crippen LogP contribution in [0.15, 0.2) is 24.3 Å². The Labute approximate surface area is 129 Å². The molecule has 1 unspecified atom stereocenters. The molecule has 1 aliphatic carbocycles. The first-order valence-corrected chi connectivity index (χ1v) is 8.70. The van der Waals surface area contributed by atoms with Crippen molar-refractivity contribution in [1.82, 2.24) is 5.32 Å². The molecule has 0 saturated heterocycles. The van der Waals surface area contributed by atoms with Crippen LogP contribution in [0.3, 0.4) is 0 Å². The van der Waals surface area contributed by atoms with Gasteiger partial charge in [0.2, 0.25) is 0 Å². The van der Waals surface area contributed by atoms with Crippen LogP contribution in [-0.2, 0) is 6.42 Å². The fourth-order valence-electron chi connectivity index (χ4n) is 3.87. The Balaban J connectivity index is 1.93. The fourth-order valence-corrected chi connectivity index (χ4v) is 3.87. The molecule has 21 heavy (non-hydrogen) atoms. The van der Waals surface area contributed by atoms with E-state index in [1.807, 2.05) is 6.07 Å². The summed E-state index contributed by atoms with van der Waals surface area (Å²) in [5.41, 5.74) is 1.12. The number of likely N-dealkylation sites (N-methyl/N-ethyl adjacent to an activating group) is 1. The number of rotatable bonds is 7. The van der Waals surface area contributed by atoms with Crippen LogP contribution < -0.4 is 5.32 Å². The molecular weight excluding hydrogens is 261 g/mol. The Morgan fingerprint density at radius 3 is 2.57 bits per heavy atom. The van der Waals surface area contributed by atoms with Crippen molar-refractivity contribution in [1.29, 1.82) is 0 Å². The van der Waals surface area contributed by atoms with Crippen molar-refractivity contribution in [2.24, 2.45) is 11.8 Å². The van der Waals surface area contributed by atoms with Gasteiger partial charge in [-0.1, -0.05) is 51.7 Å². The lowest BCUT2D eigenvalue weighted by molar-refractivity contribution is 0.213. The molecule has 0 radical (unpaired) electrons. The normalized spacial score (nSPS) is 24.0. The van der Waals surface area contributed by atoms with Crippen molar-refractivity contribution >= 4 is 0 Å². The van der Waals surface area contributed by atoms with Gasteiger partial charge in [-0.3, -0.25) is 0 Å². The molecule has 118 valence electrons. The van der Waals surface area contributed by atoms with E-state index in [1.165, 1.54) is 44.6 Å². The molecule has 1 fully saturated rings. The zero-order chi connectivity index (χ0) is 15.1. The zero-order valence-electron chi connectivity index (χ0n) is 13.6. The van der Waals surface area contributed by atoms with Crippen molar-refractivity contribution in [2.75, 3.05) is 6.54 Å². The summed E-state index contributed by atoms with van der Waals surface area (Å²) in [5.74, 6) is 1.58. The molecule has 1 aromatic rings. The summed E-state index contributed by atoms with van der Waals surface area (Å²) in [4.78, 5) is 0. The Bertz CT molecular complexity index is 410. The van der Waals surface area contributed by atoms with Gasteiger partial charge in [-0.05, 0) is 55.3 Å². The van der Waals surface area contributed by atoms with Gasteiger partial charge >= 0.3 is 0 Å². The van der Waals surface area contributed by atoms with Crippen molar-refractivity contribution in [2.45, 2.75) is 64.8 Å². The second-order valence-corrected chi connectivity index (χ2v) is 6.57. The molecule has 1 aliphatic rings. The molecule has 0 aromatic heterocycles. The molecule has 1 nitrogen and oxygen atoms in total. The first-order valence-electron chi connectivity index (χ1n) is 8.70. The third kappa shape index (κ3) is 5.10. The smallest absolute Gasteiger partial charge is 0.123 e. The monoisotopic (exact) mass is 291 g/mol. The van der Waals surface area contributed by atoms with Crippen molar-refractivity contribution in [3.63, 3.8) is 0 Å². The van der Waals surface area contributed by atoms with Crippen LogP contribution in [0.2, 0.25) is 0 Å². The maximum absolute atomic E-state index is 13.4. The highest BCUT2D eigenvalue weighted by Crippen LogP contribution is 2.34. The highest BCUT2D eigenvalue weighted by molar-refractivity contribution is 5.17. The summed E-state index contributed by atoms with van der Waals surface area (Å²) in [5, 5.41) is 3.64. The van der Waals surface area contributed by atoms with Crippen LogP contribution in [0.5, 0.6) is 0 Å². The second-order valence-electron chi connectivity index (χ2n) is 6.57. The molecule has 1 saturated carbocycles. The summed E-state index contributed by atoms with van der Waals surface area (Å²) in [7, 11) is 0. The van der Waals surface area contributed by atoms with E-state index < -0.39 is 0 Å². The molecule has 2 rings (SSSR count). The minimum atomic E-state index is -0.116. The lowest BCUT2D eigenvalue weighted by atomic mass is 9.76. The summed E-state index contributed by atoms with van der Waals surface area (Å²) in [6.45, 7) is 5.45. The number of hydrogen-bond acceptors (Lipinski definition) is 1. The minimum Gasteiger partial charge on any atom is -0.314 e. The van der Waals surface area contributed by atoms with E-state index in [2.05, 4.69) is 25.2 Å². The highest BCUT2D eigenvalue weighted by atomic mass is 19.1. The summed E-state index contributed by atoms with van der Waals surface area (Å²) < 4.78 is 13.4. The predicted octanol–water partition coefficient (Wildman–Crippen LogP) is 4.95. The average Bonchev–Trinajstić information content (AvgIpc) is 2.48. The lowest BCUT2D eigenvalue weighted by Crippen LogP contribution is -2.39. The van der Waals surface area contributed by atoms with Crippen LogP contribution in [0, 0.1) is 17.7 Å². The minimum absolute atomic E-state index is 0.116. The van der Waals surface area contributed by atoms with Gasteiger partial charge in [0.25, 0.3) is 0 Å². The molecule has 1 atom stereocenters. The third-order valence-electron chi connectivity index (χ3n) is 4.97. The van der Waals surface area contributed by atoms with E-state index in [9.17, 15) is 4.39 Å². The third-order valence-corrected chi connectivity index (χ3v) is 4.97. The van der Waals surface area contributed by atoms with Gasteiger partial charge in [-0.2, -0.15) is 0 Å². The van der Waals surface area contributed by atoms with E-state index in [0.29, 0.717) is 6.04 Å². The predicted molar refractivity (Wildman–Crippen MR) is 87.9 cm³/mol. The number of nitrogens with one attached hydrogen (secondary N) is 1. The molecular formula is C19H30FN. The van der Waals surface area contributed by atoms with E-state index in [4.69, 9.17) is 0 Å². The van der Waals surface area contributed by atoms with Crippen molar-refractivity contribution < 1.29 is 4.39 Å². The van der Waals surface area contributed by atoms with Gasteiger partial charge in [0.05, 0.1) is 0 Å². The SMILES string of the molecule is CCCC1CCC(C(Cc2cccc(F)c2)NCC)CC1. The average molecular weight is 291 g/mol. The van der Waals surface area contributed by atoms with Crippen LogP contribution in [0.4, 0.5) is 4.39 Å². The Morgan fingerprint density at radius 2 is 1.95 bits per heavy atom. The second kappa shape index (κ2) is 8.53. The zero-order valence-corrected chi connectivity index (χ0v) is 13.6. The molecule has 0 spiro atoms. The number of benzene rings is 1.